The lowest BCUT2D eigenvalue weighted by molar-refractivity contribution is -0.126. The molecule has 9 heteroatoms. The van der Waals surface area contributed by atoms with Crippen LogP contribution in [-0.4, -0.2) is 30.9 Å². The molecule has 44 heavy (non-hydrogen) atoms. The highest BCUT2D eigenvalue weighted by Crippen LogP contribution is 2.40. The first-order valence-corrected chi connectivity index (χ1v) is 17.1. The molecule has 0 radical (unpaired) electrons. The third kappa shape index (κ3) is 11.6. The molecule has 1 heterocycles. The SMILES string of the molecule is CCCCCCCCCCCCCCCc1cccc(OC(CC)C(=O)NC2=NN(c3c(Cl)cc(Cl)cc3OC)C(=O)C2)c1. The predicted octanol–water partition coefficient (Wildman–Crippen LogP) is 9.66. The average Bonchev–Trinajstić information content (AvgIpc) is 3.36. The molecule has 3 rings (SSSR count). The van der Waals surface area contributed by atoms with Crippen LogP contribution in [0.25, 0.3) is 0 Å². The van der Waals surface area contributed by atoms with Gasteiger partial charge in [0, 0.05) is 11.1 Å². The minimum absolute atomic E-state index is 0.0844. The van der Waals surface area contributed by atoms with Gasteiger partial charge in [0.1, 0.15) is 23.0 Å². The van der Waals surface area contributed by atoms with Crippen molar-refractivity contribution in [3.8, 4) is 11.5 Å². The lowest BCUT2D eigenvalue weighted by Crippen LogP contribution is -2.41. The summed E-state index contributed by atoms with van der Waals surface area (Å²) in [6, 6.07) is 11.0. The molecule has 0 aliphatic carbocycles. The Morgan fingerprint density at radius 1 is 0.932 bits per heavy atom. The van der Waals surface area contributed by atoms with Crippen molar-refractivity contribution in [1.82, 2.24) is 5.32 Å². The number of carbonyl (C=O) groups excluding carboxylic acids is 2. The fourth-order valence-electron chi connectivity index (χ4n) is 5.41. The number of unbranched alkanes of at least 4 members (excludes halogenated alkanes) is 12. The second-order valence-electron chi connectivity index (χ2n) is 11.5. The second-order valence-corrected chi connectivity index (χ2v) is 12.4. The summed E-state index contributed by atoms with van der Waals surface area (Å²) in [7, 11) is 1.45. The van der Waals surface area contributed by atoms with Gasteiger partial charge in [0.25, 0.3) is 11.8 Å². The number of anilines is 1. The molecule has 2 aromatic rings. The Bertz CT molecular complexity index is 1240. The van der Waals surface area contributed by atoms with Gasteiger partial charge in [-0.05, 0) is 43.0 Å². The second kappa shape index (κ2) is 19.6. The first kappa shape index (κ1) is 35.7. The normalized spacial score (nSPS) is 13.6. The van der Waals surface area contributed by atoms with Gasteiger partial charge in [-0.3, -0.25) is 9.59 Å². The quantitative estimate of drug-likeness (QED) is 0.145. The van der Waals surface area contributed by atoms with Crippen molar-refractivity contribution in [2.24, 2.45) is 5.10 Å². The molecule has 1 aliphatic rings. The van der Waals surface area contributed by atoms with Gasteiger partial charge >= 0.3 is 0 Å². The molecule has 1 N–H and O–H groups in total. The number of rotatable bonds is 20. The number of hydrazone groups is 1. The molecule has 7 nitrogen and oxygen atoms in total. The summed E-state index contributed by atoms with van der Waals surface area (Å²) in [6.45, 7) is 4.15. The van der Waals surface area contributed by atoms with E-state index in [4.69, 9.17) is 32.7 Å². The molecule has 0 bridgehead atoms. The highest BCUT2D eigenvalue weighted by atomic mass is 35.5. The number of nitrogens with zero attached hydrogens (tertiary/aromatic N) is 2. The minimum atomic E-state index is -0.734. The Labute approximate surface area is 273 Å². The van der Waals surface area contributed by atoms with Crippen molar-refractivity contribution >= 4 is 46.5 Å². The molecular formula is C35H49Cl2N3O4. The third-order valence-corrected chi connectivity index (χ3v) is 8.38. The van der Waals surface area contributed by atoms with E-state index in [0.29, 0.717) is 22.9 Å². The number of hydrogen-bond acceptors (Lipinski definition) is 5. The summed E-state index contributed by atoms with van der Waals surface area (Å²) < 4.78 is 11.4. The fourth-order valence-corrected chi connectivity index (χ4v) is 5.96. The van der Waals surface area contributed by atoms with Crippen LogP contribution in [0.4, 0.5) is 5.69 Å². The standard InChI is InChI=1S/C35H49Cl2N3O4/c1-4-6-7-8-9-10-11-12-13-14-15-16-17-19-26-20-18-21-28(22-26)44-30(5-2)35(42)38-32-25-33(41)40(39-32)34-29(37)23-27(36)24-31(34)43-3/h18,20-24,30H,4-17,19,25H2,1-3H3,(H,38,39,42). The maximum absolute atomic E-state index is 13.1. The first-order chi connectivity index (χ1) is 21.4. The Hall–Kier alpha value is -2.77. The number of nitrogens with one attached hydrogen (secondary N) is 1. The van der Waals surface area contributed by atoms with Gasteiger partial charge in [0.2, 0.25) is 0 Å². The van der Waals surface area contributed by atoms with E-state index in [1.165, 1.54) is 95.8 Å². The number of aryl methyl sites for hydroxylation is 1. The number of ether oxygens (including phenoxy) is 2. The molecular weight excluding hydrogens is 597 g/mol. The van der Waals surface area contributed by atoms with E-state index in [1.807, 2.05) is 25.1 Å². The lowest BCUT2D eigenvalue weighted by Gasteiger charge is -2.18. The van der Waals surface area contributed by atoms with E-state index in [1.54, 1.807) is 6.07 Å². The van der Waals surface area contributed by atoms with E-state index in [0.717, 1.165) is 17.9 Å². The Morgan fingerprint density at radius 2 is 1.57 bits per heavy atom. The summed E-state index contributed by atoms with van der Waals surface area (Å²) in [4.78, 5) is 25.9. The molecule has 242 valence electrons. The topological polar surface area (TPSA) is 80.2 Å². The van der Waals surface area contributed by atoms with Crippen LogP contribution in [0.2, 0.25) is 10.0 Å². The van der Waals surface area contributed by atoms with E-state index in [2.05, 4.69) is 23.4 Å². The molecule has 2 amide bonds. The zero-order valence-electron chi connectivity index (χ0n) is 26.6. The minimum Gasteiger partial charge on any atom is -0.494 e. The van der Waals surface area contributed by atoms with Crippen molar-refractivity contribution in [3.05, 3.63) is 52.0 Å². The molecule has 1 aliphatic heterocycles. The molecule has 0 spiro atoms. The smallest absolute Gasteiger partial charge is 0.266 e. The van der Waals surface area contributed by atoms with Gasteiger partial charge in [-0.1, -0.05) is 126 Å². The molecule has 1 unspecified atom stereocenters. The Balaban J connectivity index is 1.41. The number of benzene rings is 2. The number of halogens is 2. The molecule has 1 atom stereocenters. The Morgan fingerprint density at radius 3 is 2.18 bits per heavy atom. The van der Waals surface area contributed by atoms with Crippen LogP contribution in [0.15, 0.2) is 41.5 Å². The van der Waals surface area contributed by atoms with Gasteiger partial charge < -0.3 is 14.8 Å². The highest BCUT2D eigenvalue weighted by molar-refractivity contribution is 6.37. The van der Waals surface area contributed by atoms with Gasteiger partial charge in [0.15, 0.2) is 6.10 Å². The Kier molecular flexibility index (Phi) is 15.9. The predicted molar refractivity (Wildman–Crippen MR) is 181 cm³/mol. The summed E-state index contributed by atoms with van der Waals surface area (Å²) >= 11 is 12.4. The molecule has 0 saturated carbocycles. The highest BCUT2D eigenvalue weighted by Gasteiger charge is 2.32. The van der Waals surface area contributed by atoms with Crippen LogP contribution < -0.4 is 19.8 Å². The zero-order chi connectivity index (χ0) is 31.7. The van der Waals surface area contributed by atoms with Crippen LogP contribution >= 0.6 is 23.2 Å². The lowest BCUT2D eigenvalue weighted by atomic mass is 10.0. The van der Waals surface area contributed by atoms with Gasteiger partial charge in [-0.15, -0.1) is 0 Å². The van der Waals surface area contributed by atoms with E-state index in [9.17, 15) is 9.59 Å². The van der Waals surface area contributed by atoms with Crippen LogP contribution in [-0.2, 0) is 16.0 Å². The van der Waals surface area contributed by atoms with Gasteiger partial charge in [-0.25, -0.2) is 0 Å². The number of methoxy groups -OCH3 is 1. The monoisotopic (exact) mass is 645 g/mol. The van der Waals surface area contributed by atoms with Gasteiger partial charge in [0.05, 0.1) is 18.6 Å². The molecule has 0 fully saturated rings. The van der Waals surface area contributed by atoms with Gasteiger partial charge in [-0.2, -0.15) is 10.1 Å². The van der Waals surface area contributed by atoms with E-state index >= 15 is 0 Å². The zero-order valence-corrected chi connectivity index (χ0v) is 28.2. The van der Waals surface area contributed by atoms with Crippen molar-refractivity contribution in [3.63, 3.8) is 0 Å². The number of carbonyl (C=O) groups is 2. The van der Waals surface area contributed by atoms with Crippen molar-refractivity contribution in [2.45, 2.75) is 123 Å². The number of hydrogen-bond donors (Lipinski definition) is 1. The summed E-state index contributed by atoms with van der Waals surface area (Å²) in [5, 5.41) is 8.78. The summed E-state index contributed by atoms with van der Waals surface area (Å²) in [5.74, 6) is 0.462. The fraction of sp³-hybridized carbons (Fsp3) is 0.571. The largest absolute Gasteiger partial charge is 0.494 e. The van der Waals surface area contributed by atoms with Crippen LogP contribution in [0.3, 0.4) is 0 Å². The first-order valence-electron chi connectivity index (χ1n) is 16.4. The number of amides is 2. The summed E-state index contributed by atoms with van der Waals surface area (Å²) in [5.41, 5.74) is 1.48. The number of amidine groups is 1. The maximum Gasteiger partial charge on any atom is 0.266 e. The van der Waals surface area contributed by atoms with E-state index in [-0.39, 0.29) is 34.8 Å². The van der Waals surface area contributed by atoms with Crippen LogP contribution in [0.1, 0.15) is 116 Å². The van der Waals surface area contributed by atoms with Crippen molar-refractivity contribution < 1.29 is 19.1 Å². The molecule has 0 aromatic heterocycles. The molecule has 0 saturated heterocycles. The van der Waals surface area contributed by atoms with Crippen LogP contribution in [0.5, 0.6) is 11.5 Å². The van der Waals surface area contributed by atoms with E-state index < -0.39 is 6.10 Å². The third-order valence-electron chi connectivity index (χ3n) is 7.88. The van der Waals surface area contributed by atoms with Crippen molar-refractivity contribution in [1.29, 1.82) is 0 Å². The van der Waals surface area contributed by atoms with Crippen LogP contribution in [0, 0.1) is 0 Å². The maximum atomic E-state index is 13.1. The summed E-state index contributed by atoms with van der Waals surface area (Å²) in [6.07, 6.45) is 18.0. The molecule has 2 aromatic carbocycles. The van der Waals surface area contributed by atoms with Crippen molar-refractivity contribution in [2.75, 3.05) is 12.1 Å². The average molecular weight is 647 g/mol.